The van der Waals surface area contributed by atoms with Crippen LogP contribution in [0.1, 0.15) is 78.3 Å². The molecule has 1 saturated carbocycles. The highest BCUT2D eigenvalue weighted by atomic mass is 35.5. The molecule has 2 unspecified atom stereocenters. The van der Waals surface area contributed by atoms with Crippen molar-refractivity contribution < 1.29 is 33.0 Å². The van der Waals surface area contributed by atoms with Gasteiger partial charge in [0.1, 0.15) is 0 Å². The highest BCUT2D eigenvalue weighted by Gasteiger charge is 2.54. The molecule has 11 heteroatoms. The molecular formula is C31H34ClF2N3O5. The van der Waals surface area contributed by atoms with Gasteiger partial charge in [-0.15, -0.1) is 0 Å². The summed E-state index contributed by atoms with van der Waals surface area (Å²) in [7, 11) is 1.62. The van der Waals surface area contributed by atoms with Gasteiger partial charge in [0.2, 0.25) is 12.3 Å². The van der Waals surface area contributed by atoms with Gasteiger partial charge in [0.15, 0.2) is 0 Å². The Morgan fingerprint density at radius 3 is 2.50 bits per heavy atom. The molecular weight excluding hydrogens is 568 g/mol. The number of hydrogen-bond acceptors (Lipinski definition) is 5. The predicted molar refractivity (Wildman–Crippen MR) is 151 cm³/mol. The lowest BCUT2D eigenvalue weighted by Gasteiger charge is -2.40. The van der Waals surface area contributed by atoms with Crippen LogP contribution in [0, 0.1) is 11.3 Å². The maximum absolute atomic E-state index is 14.3. The number of aromatic nitrogens is 2. The van der Waals surface area contributed by atoms with Gasteiger partial charge in [-0.25, -0.2) is 8.78 Å². The zero-order valence-corrected chi connectivity index (χ0v) is 24.4. The maximum atomic E-state index is 14.3. The van der Waals surface area contributed by atoms with Crippen LogP contribution in [0.2, 0.25) is 5.02 Å². The van der Waals surface area contributed by atoms with Crippen molar-refractivity contribution in [2.75, 3.05) is 20.2 Å². The van der Waals surface area contributed by atoms with E-state index < -0.39 is 29.1 Å². The van der Waals surface area contributed by atoms with Crippen LogP contribution in [0.3, 0.4) is 0 Å². The van der Waals surface area contributed by atoms with Gasteiger partial charge in [-0.05, 0) is 69.1 Å². The monoisotopic (exact) mass is 601 g/mol. The number of carboxylic acids is 1. The van der Waals surface area contributed by atoms with Crippen molar-refractivity contribution in [1.82, 2.24) is 14.7 Å². The molecule has 4 aliphatic rings. The number of methoxy groups -OCH3 is 1. The number of likely N-dealkylation sites (tertiary alicyclic amines) is 1. The van der Waals surface area contributed by atoms with Crippen LogP contribution in [-0.4, -0.2) is 70.3 Å². The third-order valence-corrected chi connectivity index (χ3v) is 10.2. The van der Waals surface area contributed by atoms with E-state index in [2.05, 4.69) is 0 Å². The van der Waals surface area contributed by atoms with E-state index in [9.17, 15) is 28.3 Å². The number of fused-ring (bicyclic) bond motifs is 1. The normalized spacial score (nSPS) is 25.0. The van der Waals surface area contributed by atoms with Gasteiger partial charge in [-0.1, -0.05) is 29.8 Å². The van der Waals surface area contributed by atoms with Crippen LogP contribution in [-0.2, 0) is 32.6 Å². The van der Waals surface area contributed by atoms with Crippen LogP contribution < -0.4 is 0 Å². The van der Waals surface area contributed by atoms with Gasteiger partial charge in [0, 0.05) is 38.1 Å². The lowest BCUT2D eigenvalue weighted by molar-refractivity contribution is -0.148. The molecule has 1 N–H and O–H groups in total. The molecule has 3 aliphatic carbocycles. The summed E-state index contributed by atoms with van der Waals surface area (Å²) >= 11 is 6.54. The van der Waals surface area contributed by atoms with E-state index in [4.69, 9.17) is 21.4 Å². The molecule has 6 rings (SSSR count). The molecule has 0 spiro atoms. The van der Waals surface area contributed by atoms with Crippen molar-refractivity contribution in [2.45, 2.75) is 76.2 Å². The minimum Gasteiger partial charge on any atom is -0.481 e. The van der Waals surface area contributed by atoms with Crippen LogP contribution in [0.15, 0.2) is 24.3 Å². The lowest BCUT2D eigenvalue weighted by Crippen LogP contribution is -2.56. The molecule has 0 radical (unpaired) electrons. The number of benzene rings is 1. The minimum atomic E-state index is -2.64. The number of alkyl halides is 2. The number of carbonyl (C=O) groups is 3. The molecule has 0 bridgehead atoms. The van der Waals surface area contributed by atoms with Crippen molar-refractivity contribution in [2.24, 2.45) is 11.3 Å². The van der Waals surface area contributed by atoms with Crippen molar-refractivity contribution in [3.8, 4) is 0 Å². The van der Waals surface area contributed by atoms with Crippen molar-refractivity contribution in [3.05, 3.63) is 57.4 Å². The zero-order valence-electron chi connectivity index (χ0n) is 23.7. The highest BCUT2D eigenvalue weighted by Crippen LogP contribution is 2.54. The third-order valence-electron chi connectivity index (χ3n) is 9.84. The second-order valence-electron chi connectivity index (χ2n) is 12.4. The minimum absolute atomic E-state index is 0.00197. The molecule has 1 saturated heterocycles. The maximum Gasteiger partial charge on any atom is 0.309 e. The van der Waals surface area contributed by atoms with Crippen molar-refractivity contribution in [3.63, 3.8) is 0 Å². The van der Waals surface area contributed by atoms with E-state index in [0.717, 1.165) is 11.1 Å². The number of rotatable bonds is 7. The molecule has 2 atom stereocenters. The third kappa shape index (κ3) is 4.67. The Morgan fingerprint density at radius 2 is 1.90 bits per heavy atom. The first-order chi connectivity index (χ1) is 20.0. The second-order valence-corrected chi connectivity index (χ2v) is 12.9. The lowest BCUT2D eigenvalue weighted by atomic mass is 9.75. The van der Waals surface area contributed by atoms with Crippen LogP contribution in [0.5, 0.6) is 0 Å². The Labute approximate surface area is 247 Å². The number of carboxylic acid groups (broad SMARTS) is 1. The van der Waals surface area contributed by atoms with E-state index >= 15 is 0 Å². The summed E-state index contributed by atoms with van der Waals surface area (Å²) in [6.07, 6.45) is 2.38. The second kappa shape index (κ2) is 10.6. The molecule has 2 heterocycles. The Morgan fingerprint density at radius 1 is 1.17 bits per heavy atom. The number of carbonyl (C=O) groups excluding carboxylic acids is 2. The van der Waals surface area contributed by atoms with Gasteiger partial charge in [0.05, 0.1) is 38.9 Å². The first kappa shape index (κ1) is 29.0. The average Bonchev–Trinajstić information content (AvgIpc) is 3.68. The van der Waals surface area contributed by atoms with Gasteiger partial charge >= 0.3 is 5.97 Å². The van der Waals surface area contributed by atoms with E-state index in [0.29, 0.717) is 56.6 Å². The molecule has 1 aromatic heterocycles. The Balaban J connectivity index is 1.41. The van der Waals surface area contributed by atoms with Crippen LogP contribution in [0.25, 0.3) is 5.57 Å². The Bertz CT molecular complexity index is 1490. The smallest absolute Gasteiger partial charge is 0.309 e. The molecule has 1 aromatic carbocycles. The zero-order chi connectivity index (χ0) is 30.0. The Hall–Kier alpha value is -3.11. The first-order valence-corrected chi connectivity index (χ1v) is 14.8. The van der Waals surface area contributed by atoms with Crippen molar-refractivity contribution in [1.29, 1.82) is 0 Å². The summed E-state index contributed by atoms with van der Waals surface area (Å²) in [5, 5.41) is 14.5. The summed E-state index contributed by atoms with van der Waals surface area (Å²) < 4.78 is 35.0. The molecule has 224 valence electrons. The molecule has 42 heavy (non-hydrogen) atoms. The molecule has 2 aromatic rings. The van der Waals surface area contributed by atoms with Gasteiger partial charge in [-0.3, -0.25) is 14.4 Å². The average molecular weight is 602 g/mol. The van der Waals surface area contributed by atoms with E-state index in [1.54, 1.807) is 31.1 Å². The van der Waals surface area contributed by atoms with Gasteiger partial charge in [0.25, 0.3) is 5.91 Å². The number of nitrogens with zero attached hydrogens (tertiary/aromatic N) is 3. The summed E-state index contributed by atoms with van der Waals surface area (Å²) in [5.74, 6) is -1.81. The van der Waals surface area contributed by atoms with Crippen LogP contribution in [0.4, 0.5) is 8.78 Å². The standard InChI is InChI=1S/C31H34ClF2N3O5/c1-30(29(40)41)10-8-17(9-11-30)25-20-7-6-18(26(38)36-15-19(16-36)42-2)14-23(20)37(35-25)27(39)24-21(4-3-5-22(24)32)31(12-13-31)28(33)34/h3-5,8,18-19,28H,6-7,9-16H2,1-2H3,(H,40,41). The molecule has 2 fully saturated rings. The predicted octanol–water partition coefficient (Wildman–Crippen LogP) is 5.14. The fraction of sp³-hybridized carbons (Fsp3) is 0.548. The highest BCUT2D eigenvalue weighted by molar-refractivity contribution is 6.34. The largest absolute Gasteiger partial charge is 0.481 e. The number of ether oxygens (including phenoxy) is 1. The summed E-state index contributed by atoms with van der Waals surface area (Å²) in [6.45, 7) is 2.77. The first-order valence-electron chi connectivity index (χ1n) is 14.5. The van der Waals surface area contributed by atoms with E-state index in [1.165, 1.54) is 10.7 Å². The number of amides is 1. The Kier molecular flexibility index (Phi) is 7.28. The van der Waals surface area contributed by atoms with E-state index in [-0.39, 0.29) is 53.3 Å². The number of halogens is 3. The van der Waals surface area contributed by atoms with E-state index in [1.807, 2.05) is 6.08 Å². The topological polar surface area (TPSA) is 102 Å². The van der Waals surface area contributed by atoms with Gasteiger partial charge < -0.3 is 14.7 Å². The summed E-state index contributed by atoms with van der Waals surface area (Å²) in [6, 6.07) is 4.66. The van der Waals surface area contributed by atoms with Crippen molar-refractivity contribution >= 4 is 35.0 Å². The molecule has 8 nitrogen and oxygen atoms in total. The fourth-order valence-electron chi connectivity index (χ4n) is 6.65. The number of hydrogen-bond donors (Lipinski definition) is 1. The quantitative estimate of drug-likeness (QED) is 0.471. The van der Waals surface area contributed by atoms with Gasteiger partial charge in [-0.2, -0.15) is 9.78 Å². The molecule has 1 amide bonds. The molecule has 1 aliphatic heterocycles. The SMILES string of the molecule is COC1CN(C(=O)C2CCc3c(C4=CCC(C)(C(=O)O)CC4)nn(C(=O)c4c(Cl)cccc4C4(C(F)F)CC4)c3C2)C1. The summed E-state index contributed by atoms with van der Waals surface area (Å²) in [4.78, 5) is 41.2. The fourth-order valence-corrected chi connectivity index (χ4v) is 6.90. The number of allylic oxidation sites excluding steroid dienone is 2. The summed E-state index contributed by atoms with van der Waals surface area (Å²) in [5.41, 5.74) is 0.863. The van der Waals surface area contributed by atoms with Crippen LogP contribution >= 0.6 is 11.6 Å². The number of aliphatic carboxylic acids is 1.